The molecule has 0 saturated carbocycles. The quantitative estimate of drug-likeness (QED) is 0.633. The van der Waals surface area contributed by atoms with Crippen molar-refractivity contribution in [3.8, 4) is 0 Å². The second-order valence-electron chi connectivity index (χ2n) is 4.35. The summed E-state index contributed by atoms with van der Waals surface area (Å²) >= 11 is 1.86. The average Bonchev–Trinajstić information content (AvgIpc) is 2.71. The highest BCUT2D eigenvalue weighted by atomic mass is 32.1. The van der Waals surface area contributed by atoms with Crippen molar-refractivity contribution >= 4 is 11.3 Å². The number of thiophene rings is 1. The van der Waals surface area contributed by atoms with E-state index < -0.39 is 0 Å². The fourth-order valence-corrected chi connectivity index (χ4v) is 2.58. The molecular weight excluding hydrogens is 262 g/mol. The van der Waals surface area contributed by atoms with Gasteiger partial charge in [-0.1, -0.05) is 0 Å². The predicted molar refractivity (Wildman–Crippen MR) is 79.0 cm³/mol. The van der Waals surface area contributed by atoms with Gasteiger partial charge < -0.3 is 19.5 Å². The zero-order valence-corrected chi connectivity index (χ0v) is 13.0. The maximum atomic E-state index is 5.46. The fourth-order valence-electron chi connectivity index (χ4n) is 1.56. The van der Waals surface area contributed by atoms with Crippen LogP contribution in [0.1, 0.15) is 15.3 Å². The number of hydrogen-bond donors (Lipinski definition) is 1. The lowest BCUT2D eigenvalue weighted by Crippen LogP contribution is -2.20. The Hall–Kier alpha value is -0.460. The smallest absolute Gasteiger partial charge is 0.0701 e. The van der Waals surface area contributed by atoms with Gasteiger partial charge in [0.2, 0.25) is 0 Å². The van der Waals surface area contributed by atoms with Crippen molar-refractivity contribution in [2.24, 2.45) is 0 Å². The van der Waals surface area contributed by atoms with Crippen LogP contribution in [0.25, 0.3) is 0 Å². The monoisotopic (exact) mass is 287 g/mol. The van der Waals surface area contributed by atoms with Crippen molar-refractivity contribution in [2.45, 2.75) is 20.4 Å². The van der Waals surface area contributed by atoms with Crippen molar-refractivity contribution in [3.63, 3.8) is 0 Å². The minimum Gasteiger partial charge on any atom is -0.382 e. The van der Waals surface area contributed by atoms with E-state index in [0.29, 0.717) is 26.4 Å². The maximum absolute atomic E-state index is 5.46. The van der Waals surface area contributed by atoms with Gasteiger partial charge in [0.1, 0.15) is 0 Å². The fraction of sp³-hybridized carbons (Fsp3) is 0.714. The first kappa shape index (κ1) is 16.6. The van der Waals surface area contributed by atoms with Crippen molar-refractivity contribution in [1.29, 1.82) is 0 Å². The van der Waals surface area contributed by atoms with Crippen molar-refractivity contribution in [1.82, 2.24) is 5.32 Å². The predicted octanol–water partition coefficient (Wildman–Crippen LogP) is 2.13. The molecule has 0 aliphatic carbocycles. The van der Waals surface area contributed by atoms with Gasteiger partial charge in [0, 0.05) is 30.0 Å². The largest absolute Gasteiger partial charge is 0.382 e. The first-order valence-corrected chi connectivity index (χ1v) is 7.46. The van der Waals surface area contributed by atoms with Gasteiger partial charge >= 0.3 is 0 Å². The first-order valence-electron chi connectivity index (χ1n) is 6.65. The van der Waals surface area contributed by atoms with Crippen LogP contribution in [0.3, 0.4) is 0 Å². The number of aryl methyl sites for hydroxylation is 2. The van der Waals surface area contributed by atoms with E-state index in [1.54, 1.807) is 7.11 Å². The minimum atomic E-state index is 0.632. The molecule has 0 unspecified atom stereocenters. The third-order valence-electron chi connectivity index (χ3n) is 2.74. The van der Waals surface area contributed by atoms with E-state index in [-0.39, 0.29) is 0 Å². The van der Waals surface area contributed by atoms with Crippen molar-refractivity contribution in [3.05, 3.63) is 21.4 Å². The second kappa shape index (κ2) is 10.3. The summed E-state index contributed by atoms with van der Waals surface area (Å²) in [6.45, 7) is 9.38. The van der Waals surface area contributed by atoms with Crippen LogP contribution in [-0.4, -0.2) is 46.7 Å². The first-order chi connectivity index (χ1) is 9.24. The molecule has 4 nitrogen and oxygen atoms in total. The molecule has 0 fully saturated rings. The highest BCUT2D eigenvalue weighted by Gasteiger charge is 2.00. The number of rotatable bonds is 11. The van der Waals surface area contributed by atoms with Crippen LogP contribution in [-0.2, 0) is 20.8 Å². The van der Waals surface area contributed by atoms with Crippen LogP contribution in [0.15, 0.2) is 6.07 Å². The molecular formula is C14H25NO3S. The summed E-state index contributed by atoms with van der Waals surface area (Å²) in [7, 11) is 1.67. The Kier molecular flexibility index (Phi) is 9.03. The lowest BCUT2D eigenvalue weighted by atomic mass is 10.3. The Morgan fingerprint density at radius 1 is 1.05 bits per heavy atom. The molecule has 0 aliphatic rings. The van der Waals surface area contributed by atoms with E-state index in [2.05, 4.69) is 25.2 Å². The van der Waals surface area contributed by atoms with Gasteiger partial charge in [-0.05, 0) is 25.5 Å². The van der Waals surface area contributed by atoms with Gasteiger partial charge in [-0.3, -0.25) is 0 Å². The summed E-state index contributed by atoms with van der Waals surface area (Å²) in [4.78, 5) is 2.79. The Labute approximate surface area is 120 Å². The maximum Gasteiger partial charge on any atom is 0.0701 e. The molecule has 1 rings (SSSR count). The molecule has 0 saturated heterocycles. The van der Waals surface area contributed by atoms with E-state index >= 15 is 0 Å². The molecule has 0 aromatic carbocycles. The van der Waals surface area contributed by atoms with Gasteiger partial charge in [0.15, 0.2) is 0 Å². The topological polar surface area (TPSA) is 39.7 Å². The molecule has 1 aromatic rings. The van der Waals surface area contributed by atoms with Crippen LogP contribution in [0.2, 0.25) is 0 Å². The molecule has 1 heterocycles. The third kappa shape index (κ3) is 7.64. The van der Waals surface area contributed by atoms with E-state index in [1.807, 2.05) is 11.3 Å². The van der Waals surface area contributed by atoms with Gasteiger partial charge in [-0.2, -0.15) is 0 Å². The number of hydrogen-bond acceptors (Lipinski definition) is 5. The van der Waals surface area contributed by atoms with Gasteiger partial charge in [0.05, 0.1) is 33.0 Å². The Balaban J connectivity index is 1.88. The van der Waals surface area contributed by atoms with Gasteiger partial charge in [-0.15, -0.1) is 11.3 Å². The van der Waals surface area contributed by atoms with E-state index in [4.69, 9.17) is 14.2 Å². The second-order valence-corrected chi connectivity index (χ2v) is 5.69. The van der Waals surface area contributed by atoms with Crippen LogP contribution in [0.4, 0.5) is 0 Å². The van der Waals surface area contributed by atoms with Crippen molar-refractivity contribution < 1.29 is 14.2 Å². The average molecular weight is 287 g/mol. The zero-order valence-electron chi connectivity index (χ0n) is 12.2. The van der Waals surface area contributed by atoms with Crippen LogP contribution in [0, 0.1) is 13.8 Å². The van der Waals surface area contributed by atoms with E-state index in [0.717, 1.165) is 19.7 Å². The molecule has 5 heteroatoms. The van der Waals surface area contributed by atoms with Crippen LogP contribution >= 0.6 is 11.3 Å². The highest BCUT2D eigenvalue weighted by Crippen LogP contribution is 2.19. The summed E-state index contributed by atoms with van der Waals surface area (Å²) in [5.41, 5.74) is 1.38. The van der Waals surface area contributed by atoms with E-state index in [9.17, 15) is 0 Å². The molecule has 0 amide bonds. The summed E-state index contributed by atoms with van der Waals surface area (Å²) in [5, 5.41) is 3.38. The van der Waals surface area contributed by atoms with Crippen LogP contribution in [0.5, 0.6) is 0 Å². The molecule has 0 aliphatic heterocycles. The summed E-state index contributed by atoms with van der Waals surface area (Å²) in [5.74, 6) is 0. The lowest BCUT2D eigenvalue weighted by Gasteiger charge is -2.06. The summed E-state index contributed by atoms with van der Waals surface area (Å²) in [6.07, 6.45) is 0. The minimum absolute atomic E-state index is 0.632. The Bertz CT molecular complexity index is 322. The third-order valence-corrected chi connectivity index (χ3v) is 3.90. The molecule has 0 bridgehead atoms. The standard InChI is InChI=1S/C14H25NO3S/c1-12-10-14(19-13(12)2)11-15-4-5-17-8-9-18-7-6-16-3/h10,15H,4-9,11H2,1-3H3. The van der Waals surface area contributed by atoms with Gasteiger partial charge in [0.25, 0.3) is 0 Å². The molecule has 19 heavy (non-hydrogen) atoms. The molecule has 1 N–H and O–H groups in total. The van der Waals surface area contributed by atoms with E-state index in [1.165, 1.54) is 15.3 Å². The highest BCUT2D eigenvalue weighted by molar-refractivity contribution is 7.12. The van der Waals surface area contributed by atoms with Gasteiger partial charge in [-0.25, -0.2) is 0 Å². The molecule has 110 valence electrons. The molecule has 0 spiro atoms. The number of ether oxygens (including phenoxy) is 3. The molecule has 0 radical (unpaired) electrons. The Morgan fingerprint density at radius 2 is 1.74 bits per heavy atom. The molecule has 0 atom stereocenters. The SMILES string of the molecule is COCCOCCOCCNCc1cc(C)c(C)s1. The van der Waals surface area contributed by atoms with Crippen molar-refractivity contribution in [2.75, 3.05) is 46.7 Å². The summed E-state index contributed by atoms with van der Waals surface area (Å²) < 4.78 is 15.6. The number of methoxy groups -OCH3 is 1. The lowest BCUT2D eigenvalue weighted by molar-refractivity contribution is 0.0255. The van der Waals surface area contributed by atoms with Crippen LogP contribution < -0.4 is 5.32 Å². The molecule has 1 aromatic heterocycles. The number of nitrogens with one attached hydrogen (secondary N) is 1. The Morgan fingerprint density at radius 3 is 2.37 bits per heavy atom. The normalized spacial score (nSPS) is 11.1. The summed E-state index contributed by atoms with van der Waals surface area (Å²) in [6, 6.07) is 2.25. The zero-order chi connectivity index (χ0) is 13.9.